The molecule has 1 N–H and O–H groups in total. The van der Waals surface area contributed by atoms with Crippen LogP contribution in [0.5, 0.6) is 0 Å². The molecule has 0 bridgehead atoms. The Bertz CT molecular complexity index is 495. The van der Waals surface area contributed by atoms with Crippen molar-refractivity contribution in [2.45, 2.75) is 19.5 Å². The second-order valence-corrected chi connectivity index (χ2v) is 4.39. The van der Waals surface area contributed by atoms with Crippen molar-refractivity contribution >= 4 is 11.6 Å². The van der Waals surface area contributed by atoms with E-state index in [0.717, 1.165) is 10.8 Å². The Morgan fingerprint density at radius 2 is 2.29 bits per heavy atom. The molecule has 5 heteroatoms. The Morgan fingerprint density at radius 3 is 2.94 bits per heavy atom. The predicted octanol–water partition coefficient (Wildman–Crippen LogP) is 2.32. The first-order valence-electron chi connectivity index (χ1n) is 5.48. The van der Waals surface area contributed by atoms with E-state index >= 15 is 0 Å². The number of hydrogen-bond donors (Lipinski definition) is 1. The maximum Gasteiger partial charge on any atom is 0.140 e. The van der Waals surface area contributed by atoms with Crippen molar-refractivity contribution in [1.29, 1.82) is 0 Å². The number of benzene rings is 1. The second kappa shape index (κ2) is 5.29. The van der Waals surface area contributed by atoms with E-state index in [-0.39, 0.29) is 6.04 Å². The molecule has 2 rings (SSSR count). The van der Waals surface area contributed by atoms with Crippen LogP contribution in [0.2, 0.25) is 5.02 Å². The molecule has 1 unspecified atom stereocenters. The first-order valence-corrected chi connectivity index (χ1v) is 5.86. The fraction of sp³-hybridized carbons (Fsp3) is 0.333. The predicted molar refractivity (Wildman–Crippen MR) is 67.7 cm³/mol. The van der Waals surface area contributed by atoms with Gasteiger partial charge in [-0.2, -0.15) is 5.10 Å². The number of nitrogens with zero attached hydrogens (tertiary/aromatic N) is 3. The molecule has 0 spiro atoms. The van der Waals surface area contributed by atoms with Gasteiger partial charge in [-0.3, -0.25) is 4.68 Å². The van der Waals surface area contributed by atoms with Crippen LogP contribution in [0.3, 0.4) is 0 Å². The topological polar surface area (TPSA) is 42.7 Å². The third-order valence-corrected chi connectivity index (χ3v) is 2.96. The van der Waals surface area contributed by atoms with Crippen molar-refractivity contribution in [3.8, 4) is 0 Å². The number of rotatable bonds is 4. The van der Waals surface area contributed by atoms with Gasteiger partial charge >= 0.3 is 0 Å². The van der Waals surface area contributed by atoms with Crippen molar-refractivity contribution in [3.63, 3.8) is 0 Å². The molecule has 0 aliphatic rings. The smallest absolute Gasteiger partial charge is 0.140 e. The zero-order valence-electron chi connectivity index (χ0n) is 9.89. The largest absolute Gasteiger partial charge is 0.303 e. The minimum absolute atomic E-state index is 0.227. The summed E-state index contributed by atoms with van der Waals surface area (Å²) in [5.74, 6) is 0.916. The number of hydrogen-bond acceptors (Lipinski definition) is 3. The van der Waals surface area contributed by atoms with E-state index in [4.69, 9.17) is 11.6 Å². The van der Waals surface area contributed by atoms with E-state index in [1.165, 1.54) is 5.56 Å². The average Bonchev–Trinajstić information content (AvgIpc) is 2.72. The van der Waals surface area contributed by atoms with Gasteiger partial charge in [-0.05, 0) is 24.6 Å². The van der Waals surface area contributed by atoms with Crippen molar-refractivity contribution < 1.29 is 0 Å². The van der Waals surface area contributed by atoms with E-state index in [2.05, 4.69) is 28.4 Å². The van der Waals surface area contributed by atoms with Crippen LogP contribution < -0.4 is 5.32 Å². The molecule has 90 valence electrons. The highest BCUT2D eigenvalue weighted by Gasteiger charge is 2.07. The van der Waals surface area contributed by atoms with Gasteiger partial charge in [0.05, 0.1) is 6.54 Å². The SMILES string of the molecule is CC(NCc1ncnn1C)c1cccc(Cl)c1. The Balaban J connectivity index is 1.98. The van der Waals surface area contributed by atoms with E-state index in [1.54, 1.807) is 11.0 Å². The molecule has 17 heavy (non-hydrogen) atoms. The van der Waals surface area contributed by atoms with Gasteiger partial charge in [0.25, 0.3) is 0 Å². The molecule has 0 saturated carbocycles. The summed E-state index contributed by atoms with van der Waals surface area (Å²) in [5.41, 5.74) is 1.17. The Labute approximate surface area is 106 Å². The van der Waals surface area contributed by atoms with Crippen LogP contribution in [0.1, 0.15) is 24.4 Å². The Kier molecular flexibility index (Phi) is 3.76. The normalized spacial score (nSPS) is 12.6. The summed E-state index contributed by atoms with van der Waals surface area (Å²) in [6, 6.07) is 8.08. The van der Waals surface area contributed by atoms with Crippen LogP contribution in [0.25, 0.3) is 0 Å². The highest BCUT2D eigenvalue weighted by Crippen LogP contribution is 2.17. The monoisotopic (exact) mass is 250 g/mol. The van der Waals surface area contributed by atoms with Gasteiger partial charge < -0.3 is 5.32 Å². The fourth-order valence-electron chi connectivity index (χ4n) is 1.62. The first-order chi connectivity index (χ1) is 8.16. The van der Waals surface area contributed by atoms with E-state index in [1.807, 2.05) is 25.2 Å². The minimum atomic E-state index is 0.227. The molecule has 0 amide bonds. The van der Waals surface area contributed by atoms with Crippen LogP contribution in [0, 0.1) is 0 Å². The lowest BCUT2D eigenvalue weighted by atomic mass is 10.1. The summed E-state index contributed by atoms with van der Waals surface area (Å²) in [4.78, 5) is 4.16. The van der Waals surface area contributed by atoms with Gasteiger partial charge in [-0.25, -0.2) is 4.98 Å². The van der Waals surface area contributed by atoms with Gasteiger partial charge in [0.1, 0.15) is 12.2 Å². The van der Waals surface area contributed by atoms with Gasteiger partial charge in [0.15, 0.2) is 0 Å². The van der Waals surface area contributed by atoms with Gasteiger partial charge in [0, 0.05) is 18.1 Å². The van der Waals surface area contributed by atoms with Crippen molar-refractivity contribution in [1.82, 2.24) is 20.1 Å². The number of halogens is 1. The zero-order valence-corrected chi connectivity index (χ0v) is 10.6. The molecule has 4 nitrogen and oxygen atoms in total. The molecular weight excluding hydrogens is 236 g/mol. The molecule has 0 saturated heterocycles. The van der Waals surface area contributed by atoms with Gasteiger partial charge in [-0.15, -0.1) is 0 Å². The van der Waals surface area contributed by atoms with Crippen LogP contribution in [-0.4, -0.2) is 14.8 Å². The summed E-state index contributed by atoms with van der Waals surface area (Å²) >= 11 is 5.96. The molecular formula is C12H15ClN4. The molecule has 1 heterocycles. The highest BCUT2D eigenvalue weighted by molar-refractivity contribution is 6.30. The lowest BCUT2D eigenvalue weighted by molar-refractivity contribution is 0.540. The molecule has 0 aliphatic carbocycles. The van der Waals surface area contributed by atoms with E-state index < -0.39 is 0 Å². The molecule has 1 aromatic carbocycles. The molecule has 0 aliphatic heterocycles. The van der Waals surface area contributed by atoms with Crippen LogP contribution in [-0.2, 0) is 13.6 Å². The Morgan fingerprint density at radius 1 is 1.47 bits per heavy atom. The van der Waals surface area contributed by atoms with Gasteiger partial charge in [-0.1, -0.05) is 23.7 Å². The molecule has 2 aromatic rings. The average molecular weight is 251 g/mol. The van der Waals surface area contributed by atoms with E-state index in [9.17, 15) is 0 Å². The first kappa shape index (κ1) is 12.1. The van der Waals surface area contributed by atoms with Crippen LogP contribution in [0.4, 0.5) is 0 Å². The third-order valence-electron chi connectivity index (χ3n) is 2.72. The molecule has 0 fully saturated rings. The minimum Gasteiger partial charge on any atom is -0.303 e. The summed E-state index contributed by atoms with van der Waals surface area (Å²) < 4.78 is 1.76. The summed E-state index contributed by atoms with van der Waals surface area (Å²) in [7, 11) is 1.88. The summed E-state index contributed by atoms with van der Waals surface area (Å²) in [6.07, 6.45) is 1.56. The van der Waals surface area contributed by atoms with E-state index in [0.29, 0.717) is 6.54 Å². The van der Waals surface area contributed by atoms with Crippen LogP contribution in [0.15, 0.2) is 30.6 Å². The Hall–Kier alpha value is -1.39. The lowest BCUT2D eigenvalue weighted by Crippen LogP contribution is -2.20. The number of nitrogens with one attached hydrogen (secondary N) is 1. The zero-order chi connectivity index (χ0) is 12.3. The lowest BCUT2D eigenvalue weighted by Gasteiger charge is -2.14. The van der Waals surface area contributed by atoms with Crippen LogP contribution >= 0.6 is 11.6 Å². The molecule has 1 atom stereocenters. The standard InChI is InChI=1S/C12H15ClN4/c1-9(10-4-3-5-11(13)6-10)14-7-12-15-8-16-17(12)2/h3-6,8-9,14H,7H2,1-2H3. The molecule has 1 aromatic heterocycles. The maximum absolute atomic E-state index is 5.96. The quantitative estimate of drug-likeness (QED) is 0.906. The highest BCUT2D eigenvalue weighted by atomic mass is 35.5. The number of aromatic nitrogens is 3. The summed E-state index contributed by atoms with van der Waals surface area (Å²) in [6.45, 7) is 2.78. The van der Waals surface area contributed by atoms with Crippen molar-refractivity contribution in [3.05, 3.63) is 47.0 Å². The van der Waals surface area contributed by atoms with Crippen molar-refractivity contribution in [2.24, 2.45) is 7.05 Å². The third kappa shape index (κ3) is 3.05. The summed E-state index contributed by atoms with van der Waals surface area (Å²) in [5, 5.41) is 8.17. The maximum atomic E-state index is 5.96. The number of aryl methyl sites for hydroxylation is 1. The second-order valence-electron chi connectivity index (χ2n) is 3.96. The van der Waals surface area contributed by atoms with Crippen molar-refractivity contribution in [2.75, 3.05) is 0 Å². The fourth-order valence-corrected chi connectivity index (χ4v) is 1.82. The molecule has 0 radical (unpaired) electrons. The van der Waals surface area contributed by atoms with Gasteiger partial charge in [0.2, 0.25) is 0 Å².